The fraction of sp³-hybridized carbons (Fsp3) is 0.353. The van der Waals surface area contributed by atoms with E-state index in [1.807, 2.05) is 19.2 Å². The Labute approximate surface area is 120 Å². The van der Waals surface area contributed by atoms with Gasteiger partial charge in [0, 0.05) is 17.8 Å². The lowest BCUT2D eigenvalue weighted by Crippen LogP contribution is -2.33. The molecule has 0 amide bonds. The van der Waals surface area contributed by atoms with Crippen molar-refractivity contribution in [1.82, 2.24) is 4.98 Å². The topological polar surface area (TPSA) is 42.1 Å². The van der Waals surface area contributed by atoms with Crippen LogP contribution in [0.1, 0.15) is 37.6 Å². The Morgan fingerprint density at radius 2 is 2.05 bits per heavy atom. The van der Waals surface area contributed by atoms with E-state index in [2.05, 4.69) is 47.1 Å². The molecule has 0 spiro atoms. The van der Waals surface area contributed by atoms with Gasteiger partial charge in [-0.2, -0.15) is 0 Å². The van der Waals surface area contributed by atoms with Gasteiger partial charge in [-0.1, -0.05) is 18.2 Å². The van der Waals surface area contributed by atoms with Crippen LogP contribution in [-0.4, -0.2) is 11.0 Å². The zero-order chi connectivity index (χ0) is 14.1. The summed E-state index contributed by atoms with van der Waals surface area (Å²) in [6.07, 6.45) is 4.27. The van der Waals surface area contributed by atoms with Gasteiger partial charge in [0.15, 0.2) is 0 Å². The lowest BCUT2D eigenvalue weighted by Gasteiger charge is -2.37. The summed E-state index contributed by atoms with van der Waals surface area (Å²) in [5.74, 6) is 0. The van der Waals surface area contributed by atoms with Crippen molar-refractivity contribution in [2.24, 2.45) is 5.73 Å². The molecule has 104 valence electrons. The van der Waals surface area contributed by atoms with Gasteiger partial charge in [-0.05, 0) is 50.5 Å². The summed E-state index contributed by atoms with van der Waals surface area (Å²) in [5.41, 5.74) is 10.7. The second-order valence-electron chi connectivity index (χ2n) is 5.62. The molecule has 0 bridgehead atoms. The monoisotopic (exact) mass is 267 g/mol. The summed E-state index contributed by atoms with van der Waals surface area (Å²) in [6.45, 7) is 4.23. The molecule has 1 aromatic carbocycles. The van der Waals surface area contributed by atoms with Crippen molar-refractivity contribution in [3.05, 3.63) is 53.9 Å². The number of aryl methyl sites for hydroxylation is 1. The maximum atomic E-state index is 5.87. The molecule has 1 aliphatic rings. The van der Waals surface area contributed by atoms with Crippen LogP contribution in [0.15, 0.2) is 42.6 Å². The number of nitrogens with zero attached hydrogens (tertiary/aromatic N) is 2. The maximum Gasteiger partial charge on any atom is 0.0600 e. The lowest BCUT2D eigenvalue weighted by atomic mass is 9.96. The third kappa shape index (κ3) is 2.29. The van der Waals surface area contributed by atoms with Gasteiger partial charge in [0.2, 0.25) is 0 Å². The number of pyridine rings is 1. The quantitative estimate of drug-likeness (QED) is 0.904. The van der Waals surface area contributed by atoms with E-state index in [4.69, 9.17) is 5.73 Å². The third-order valence-electron chi connectivity index (χ3n) is 4.04. The van der Waals surface area contributed by atoms with Crippen molar-refractivity contribution in [1.29, 1.82) is 0 Å². The van der Waals surface area contributed by atoms with Gasteiger partial charge in [0.1, 0.15) is 0 Å². The van der Waals surface area contributed by atoms with E-state index in [0.717, 1.165) is 17.8 Å². The van der Waals surface area contributed by atoms with Crippen LogP contribution in [0.25, 0.3) is 0 Å². The molecule has 2 N–H and O–H groups in total. The SMILES string of the molecule is CC1CCc2ccccc2N1c1ccc([C@@H](C)N)nc1. The van der Waals surface area contributed by atoms with Crippen LogP contribution in [-0.2, 0) is 6.42 Å². The van der Waals surface area contributed by atoms with Crippen molar-refractivity contribution >= 4 is 11.4 Å². The summed E-state index contributed by atoms with van der Waals surface area (Å²) in [4.78, 5) is 6.88. The first kappa shape index (κ1) is 13.1. The molecular weight excluding hydrogens is 246 g/mol. The van der Waals surface area contributed by atoms with Crippen LogP contribution in [0.3, 0.4) is 0 Å². The zero-order valence-corrected chi connectivity index (χ0v) is 12.1. The molecule has 2 aromatic rings. The molecule has 0 saturated carbocycles. The highest BCUT2D eigenvalue weighted by atomic mass is 15.2. The predicted octanol–water partition coefficient (Wildman–Crippen LogP) is 3.57. The van der Waals surface area contributed by atoms with Gasteiger partial charge in [-0.25, -0.2) is 0 Å². The maximum absolute atomic E-state index is 5.87. The van der Waals surface area contributed by atoms with Crippen molar-refractivity contribution in [2.75, 3.05) is 4.90 Å². The van der Waals surface area contributed by atoms with Crippen molar-refractivity contribution in [2.45, 2.75) is 38.8 Å². The van der Waals surface area contributed by atoms with Crippen LogP contribution in [0, 0.1) is 0 Å². The Bertz CT molecular complexity index is 589. The number of benzene rings is 1. The fourth-order valence-electron chi connectivity index (χ4n) is 2.89. The second kappa shape index (κ2) is 5.25. The zero-order valence-electron chi connectivity index (χ0n) is 12.1. The minimum absolute atomic E-state index is 0.0184. The average Bonchev–Trinajstić information content (AvgIpc) is 2.47. The number of rotatable bonds is 2. The first-order chi connectivity index (χ1) is 9.66. The van der Waals surface area contributed by atoms with E-state index in [1.54, 1.807) is 0 Å². The molecule has 0 fully saturated rings. The highest BCUT2D eigenvalue weighted by molar-refractivity contribution is 5.68. The minimum atomic E-state index is -0.0184. The largest absolute Gasteiger partial charge is 0.337 e. The normalized spacial score (nSPS) is 19.6. The highest BCUT2D eigenvalue weighted by Crippen LogP contribution is 2.36. The summed E-state index contributed by atoms with van der Waals surface area (Å²) in [5, 5.41) is 0. The summed E-state index contributed by atoms with van der Waals surface area (Å²) in [6, 6.07) is 13.3. The van der Waals surface area contributed by atoms with Crippen molar-refractivity contribution < 1.29 is 0 Å². The number of para-hydroxylation sites is 1. The van der Waals surface area contributed by atoms with Crippen LogP contribution in [0.4, 0.5) is 11.4 Å². The number of nitrogens with two attached hydrogens (primary N) is 1. The molecule has 3 heteroatoms. The molecule has 1 aliphatic heterocycles. The summed E-state index contributed by atoms with van der Waals surface area (Å²) in [7, 11) is 0. The standard InChI is InChI=1S/C17H21N3/c1-12-7-8-14-5-3-4-6-17(14)20(12)15-9-10-16(13(2)18)19-11-15/h3-6,9-13H,7-8,18H2,1-2H3/t12?,13-/m1/s1. The third-order valence-corrected chi connectivity index (χ3v) is 4.04. The molecule has 0 aliphatic carbocycles. The molecule has 0 saturated heterocycles. The number of hydrogen-bond acceptors (Lipinski definition) is 3. The Hall–Kier alpha value is -1.87. The Morgan fingerprint density at radius 1 is 1.25 bits per heavy atom. The predicted molar refractivity (Wildman–Crippen MR) is 83.2 cm³/mol. The fourth-order valence-corrected chi connectivity index (χ4v) is 2.89. The first-order valence-corrected chi connectivity index (χ1v) is 7.25. The van der Waals surface area contributed by atoms with E-state index >= 15 is 0 Å². The smallest absolute Gasteiger partial charge is 0.0600 e. The van der Waals surface area contributed by atoms with Crippen molar-refractivity contribution in [3.8, 4) is 0 Å². The highest BCUT2D eigenvalue weighted by Gasteiger charge is 2.24. The van der Waals surface area contributed by atoms with Crippen LogP contribution in [0.2, 0.25) is 0 Å². The first-order valence-electron chi connectivity index (χ1n) is 7.25. The van der Waals surface area contributed by atoms with E-state index in [9.17, 15) is 0 Å². The van der Waals surface area contributed by atoms with E-state index in [0.29, 0.717) is 6.04 Å². The van der Waals surface area contributed by atoms with E-state index in [1.165, 1.54) is 17.7 Å². The number of hydrogen-bond donors (Lipinski definition) is 1. The van der Waals surface area contributed by atoms with Crippen molar-refractivity contribution in [3.63, 3.8) is 0 Å². The summed E-state index contributed by atoms with van der Waals surface area (Å²) < 4.78 is 0. The summed E-state index contributed by atoms with van der Waals surface area (Å²) >= 11 is 0. The Balaban J connectivity index is 2.00. The van der Waals surface area contributed by atoms with Crippen LogP contribution < -0.4 is 10.6 Å². The van der Waals surface area contributed by atoms with Crippen LogP contribution >= 0.6 is 0 Å². The molecule has 2 atom stereocenters. The number of anilines is 2. The molecule has 0 radical (unpaired) electrons. The van der Waals surface area contributed by atoms with Gasteiger partial charge in [-0.3, -0.25) is 4.98 Å². The molecule has 3 rings (SSSR count). The number of aromatic nitrogens is 1. The molecule has 1 aromatic heterocycles. The van der Waals surface area contributed by atoms with Gasteiger partial charge in [0.25, 0.3) is 0 Å². The van der Waals surface area contributed by atoms with Gasteiger partial charge >= 0.3 is 0 Å². The minimum Gasteiger partial charge on any atom is -0.337 e. The van der Waals surface area contributed by atoms with Gasteiger partial charge < -0.3 is 10.6 Å². The van der Waals surface area contributed by atoms with Gasteiger partial charge in [0.05, 0.1) is 17.6 Å². The lowest BCUT2D eigenvalue weighted by molar-refractivity contribution is 0.617. The van der Waals surface area contributed by atoms with Crippen LogP contribution in [0.5, 0.6) is 0 Å². The molecule has 3 nitrogen and oxygen atoms in total. The molecular formula is C17H21N3. The van der Waals surface area contributed by atoms with E-state index in [-0.39, 0.29) is 6.04 Å². The molecule has 2 heterocycles. The molecule has 1 unspecified atom stereocenters. The number of fused-ring (bicyclic) bond motifs is 1. The second-order valence-corrected chi connectivity index (χ2v) is 5.62. The molecule has 20 heavy (non-hydrogen) atoms. The average molecular weight is 267 g/mol. The van der Waals surface area contributed by atoms with Gasteiger partial charge in [-0.15, -0.1) is 0 Å². The Morgan fingerprint density at radius 3 is 2.75 bits per heavy atom. The Kier molecular flexibility index (Phi) is 3.45. The van der Waals surface area contributed by atoms with E-state index < -0.39 is 0 Å².